The summed E-state index contributed by atoms with van der Waals surface area (Å²) < 4.78 is 5.32. The van der Waals surface area contributed by atoms with Gasteiger partial charge in [0.05, 0.1) is 12.8 Å². The summed E-state index contributed by atoms with van der Waals surface area (Å²) in [4.78, 5) is 24.9. The van der Waals surface area contributed by atoms with Gasteiger partial charge in [0, 0.05) is 18.7 Å². The first kappa shape index (κ1) is 15.1. The smallest absolute Gasteiger partial charge is 0.326 e. The fourth-order valence-corrected chi connectivity index (χ4v) is 2.79. The van der Waals surface area contributed by atoms with Gasteiger partial charge in [-0.2, -0.15) is 0 Å². The molecule has 0 atom stereocenters. The highest BCUT2D eigenvalue weighted by molar-refractivity contribution is 6.03. The summed E-state index contributed by atoms with van der Waals surface area (Å²) in [5.74, 6) is 0.546. The Kier molecular flexibility index (Phi) is 4.28. The fourth-order valence-electron chi connectivity index (χ4n) is 2.79. The molecule has 5 nitrogen and oxygen atoms in total. The van der Waals surface area contributed by atoms with Gasteiger partial charge in [0.15, 0.2) is 0 Å². The van der Waals surface area contributed by atoms with Crippen molar-refractivity contribution in [2.24, 2.45) is 0 Å². The molecule has 0 fully saturated rings. The normalized spacial score (nSPS) is 12.7. The monoisotopic (exact) mass is 310 g/mol. The Morgan fingerprint density at radius 1 is 1.30 bits per heavy atom. The lowest BCUT2D eigenvalue weighted by Crippen LogP contribution is -2.33. The van der Waals surface area contributed by atoms with E-state index in [0.717, 1.165) is 24.0 Å². The topological polar surface area (TPSA) is 58.6 Å². The van der Waals surface area contributed by atoms with Gasteiger partial charge >= 0.3 is 6.03 Å². The van der Waals surface area contributed by atoms with Gasteiger partial charge in [0.1, 0.15) is 12.0 Å². The summed E-state index contributed by atoms with van der Waals surface area (Å²) in [7, 11) is 1.54. The number of anilines is 2. The van der Waals surface area contributed by atoms with Crippen LogP contribution in [0.5, 0.6) is 5.75 Å². The number of fused-ring (bicyclic) bond motifs is 1. The van der Waals surface area contributed by atoms with Crippen LogP contribution in [-0.2, 0) is 17.6 Å². The van der Waals surface area contributed by atoms with Crippen molar-refractivity contribution in [1.29, 1.82) is 0 Å². The molecule has 5 heteroatoms. The summed E-state index contributed by atoms with van der Waals surface area (Å²) in [6.07, 6.45) is 2.03. The Morgan fingerprint density at radius 2 is 2.13 bits per heavy atom. The third-order valence-corrected chi connectivity index (χ3v) is 3.96. The Morgan fingerprint density at radius 3 is 2.91 bits per heavy atom. The molecule has 0 saturated carbocycles. The van der Waals surface area contributed by atoms with E-state index in [1.807, 2.05) is 30.3 Å². The quantitative estimate of drug-likeness (QED) is 0.883. The van der Waals surface area contributed by atoms with Crippen molar-refractivity contribution in [2.75, 3.05) is 23.9 Å². The maximum atomic E-state index is 12.6. The SMILES string of the molecule is COc1cc(CC=O)ccc1NC(=O)N1CCc2ccccc21. The number of carbonyl (C=O) groups excluding carboxylic acids is 2. The van der Waals surface area contributed by atoms with Gasteiger partial charge in [-0.25, -0.2) is 4.79 Å². The molecule has 1 aliphatic heterocycles. The number of amides is 2. The van der Waals surface area contributed by atoms with E-state index in [2.05, 4.69) is 5.32 Å². The number of ether oxygens (including phenoxy) is 1. The molecule has 23 heavy (non-hydrogen) atoms. The van der Waals surface area contributed by atoms with Crippen molar-refractivity contribution in [2.45, 2.75) is 12.8 Å². The Labute approximate surface area is 134 Å². The standard InChI is InChI=1S/C18H18N2O3/c1-23-17-12-13(9-11-21)6-7-15(17)19-18(22)20-10-8-14-4-2-3-5-16(14)20/h2-7,11-12H,8-10H2,1H3,(H,19,22). The molecule has 1 N–H and O–H groups in total. The van der Waals surface area contributed by atoms with Crippen LogP contribution >= 0.6 is 0 Å². The first-order valence-corrected chi connectivity index (χ1v) is 7.50. The van der Waals surface area contributed by atoms with Crippen molar-refractivity contribution in [3.05, 3.63) is 53.6 Å². The predicted octanol–water partition coefficient (Wildman–Crippen LogP) is 3.03. The van der Waals surface area contributed by atoms with Gasteiger partial charge in [-0.1, -0.05) is 24.3 Å². The molecule has 0 unspecified atom stereocenters. The third-order valence-electron chi connectivity index (χ3n) is 3.96. The molecule has 0 aliphatic carbocycles. The molecule has 0 spiro atoms. The minimum absolute atomic E-state index is 0.184. The van der Waals surface area contributed by atoms with Crippen LogP contribution in [0.15, 0.2) is 42.5 Å². The number of para-hydroxylation sites is 1. The second-order valence-corrected chi connectivity index (χ2v) is 5.37. The van der Waals surface area contributed by atoms with Crippen LogP contribution in [0.3, 0.4) is 0 Å². The fraction of sp³-hybridized carbons (Fsp3) is 0.222. The third kappa shape index (κ3) is 3.04. The summed E-state index contributed by atoms with van der Waals surface area (Å²) in [6, 6.07) is 13.1. The van der Waals surface area contributed by atoms with Crippen LogP contribution in [-0.4, -0.2) is 26.0 Å². The largest absolute Gasteiger partial charge is 0.495 e. The second kappa shape index (κ2) is 6.52. The molecule has 1 aliphatic rings. The van der Waals surface area contributed by atoms with Crippen molar-refractivity contribution < 1.29 is 14.3 Å². The van der Waals surface area contributed by atoms with Crippen LogP contribution in [0.1, 0.15) is 11.1 Å². The lowest BCUT2D eigenvalue weighted by atomic mass is 10.1. The lowest BCUT2D eigenvalue weighted by molar-refractivity contribution is -0.107. The highest BCUT2D eigenvalue weighted by atomic mass is 16.5. The van der Waals surface area contributed by atoms with Gasteiger partial charge in [0.25, 0.3) is 0 Å². The molecule has 2 amide bonds. The van der Waals surface area contributed by atoms with E-state index in [1.165, 1.54) is 5.56 Å². The zero-order chi connectivity index (χ0) is 16.2. The predicted molar refractivity (Wildman–Crippen MR) is 89.3 cm³/mol. The number of methoxy groups -OCH3 is 1. The first-order chi connectivity index (χ1) is 11.2. The minimum atomic E-state index is -0.184. The van der Waals surface area contributed by atoms with Crippen molar-refractivity contribution in [3.8, 4) is 5.75 Å². The average Bonchev–Trinajstić information content (AvgIpc) is 3.00. The maximum Gasteiger partial charge on any atom is 0.326 e. The summed E-state index contributed by atoms with van der Waals surface area (Å²) >= 11 is 0. The second-order valence-electron chi connectivity index (χ2n) is 5.37. The van der Waals surface area contributed by atoms with Gasteiger partial charge in [-0.3, -0.25) is 4.90 Å². The van der Waals surface area contributed by atoms with E-state index in [1.54, 1.807) is 24.1 Å². The number of urea groups is 1. The Balaban J connectivity index is 1.80. The van der Waals surface area contributed by atoms with Gasteiger partial charge in [0.2, 0.25) is 0 Å². The number of nitrogens with zero attached hydrogens (tertiary/aromatic N) is 1. The average molecular weight is 310 g/mol. The molecule has 0 aromatic heterocycles. The highest BCUT2D eigenvalue weighted by Gasteiger charge is 2.24. The van der Waals surface area contributed by atoms with Crippen molar-refractivity contribution in [1.82, 2.24) is 0 Å². The van der Waals surface area contributed by atoms with E-state index < -0.39 is 0 Å². The van der Waals surface area contributed by atoms with Crippen molar-refractivity contribution in [3.63, 3.8) is 0 Å². The Bertz CT molecular complexity index is 743. The number of benzene rings is 2. The molecule has 118 valence electrons. The van der Waals surface area contributed by atoms with E-state index in [-0.39, 0.29) is 6.03 Å². The van der Waals surface area contributed by atoms with E-state index in [4.69, 9.17) is 4.74 Å². The Hall–Kier alpha value is -2.82. The molecule has 0 saturated heterocycles. The number of nitrogens with one attached hydrogen (secondary N) is 1. The number of rotatable bonds is 4. The summed E-state index contributed by atoms with van der Waals surface area (Å²) in [6.45, 7) is 0.663. The zero-order valence-electron chi connectivity index (χ0n) is 12.9. The van der Waals surface area contributed by atoms with Crippen LogP contribution < -0.4 is 15.0 Å². The molecule has 0 bridgehead atoms. The molecule has 0 radical (unpaired) electrons. The zero-order valence-corrected chi connectivity index (χ0v) is 12.9. The first-order valence-electron chi connectivity index (χ1n) is 7.50. The van der Waals surface area contributed by atoms with E-state index in [0.29, 0.717) is 24.4 Å². The van der Waals surface area contributed by atoms with Gasteiger partial charge in [-0.15, -0.1) is 0 Å². The molecule has 3 rings (SSSR count). The molecule has 2 aromatic carbocycles. The lowest BCUT2D eigenvalue weighted by Gasteiger charge is -2.19. The van der Waals surface area contributed by atoms with Crippen LogP contribution in [0, 0.1) is 0 Å². The maximum absolute atomic E-state index is 12.6. The molecule has 1 heterocycles. The number of carbonyl (C=O) groups is 2. The van der Waals surface area contributed by atoms with Gasteiger partial charge in [-0.05, 0) is 35.7 Å². The van der Waals surface area contributed by atoms with Crippen LogP contribution in [0.25, 0.3) is 0 Å². The molecular formula is C18H18N2O3. The highest BCUT2D eigenvalue weighted by Crippen LogP contribution is 2.30. The molecular weight excluding hydrogens is 292 g/mol. The van der Waals surface area contributed by atoms with Crippen LogP contribution in [0.4, 0.5) is 16.2 Å². The number of hydrogen-bond acceptors (Lipinski definition) is 3. The van der Waals surface area contributed by atoms with E-state index in [9.17, 15) is 9.59 Å². The summed E-state index contributed by atoms with van der Waals surface area (Å²) in [5, 5.41) is 2.89. The van der Waals surface area contributed by atoms with Crippen LogP contribution in [0.2, 0.25) is 0 Å². The molecule has 2 aromatic rings. The van der Waals surface area contributed by atoms with Gasteiger partial charge < -0.3 is 14.8 Å². The van der Waals surface area contributed by atoms with E-state index >= 15 is 0 Å². The number of aldehydes is 1. The number of hydrogen-bond donors (Lipinski definition) is 1. The summed E-state index contributed by atoms with van der Waals surface area (Å²) in [5.41, 5.74) is 3.57. The van der Waals surface area contributed by atoms with Crippen molar-refractivity contribution >= 4 is 23.7 Å². The minimum Gasteiger partial charge on any atom is -0.495 e.